The zero-order valence-electron chi connectivity index (χ0n) is 18.6. The number of guanidine groups is 1. The van der Waals surface area contributed by atoms with Crippen LogP contribution in [0.5, 0.6) is 0 Å². The number of hydrogen-bond donors (Lipinski definition) is 2. The maximum absolute atomic E-state index is 5.39. The minimum atomic E-state index is 0. The van der Waals surface area contributed by atoms with Crippen molar-refractivity contribution < 1.29 is 4.74 Å². The van der Waals surface area contributed by atoms with Crippen molar-refractivity contribution >= 4 is 29.9 Å². The van der Waals surface area contributed by atoms with E-state index < -0.39 is 0 Å². The number of hydrogen-bond acceptors (Lipinski definition) is 5. The monoisotopic (exact) mass is 530 g/mol. The van der Waals surface area contributed by atoms with E-state index >= 15 is 0 Å². The van der Waals surface area contributed by atoms with Gasteiger partial charge in [-0.15, -0.1) is 24.0 Å². The maximum atomic E-state index is 5.39. The van der Waals surface area contributed by atoms with Gasteiger partial charge in [0.2, 0.25) is 0 Å². The molecule has 0 radical (unpaired) electrons. The Morgan fingerprint density at radius 1 is 0.933 bits per heavy atom. The fraction of sp³-hybridized carbons (Fsp3) is 0.682. The molecule has 170 valence electrons. The van der Waals surface area contributed by atoms with E-state index in [4.69, 9.17) is 4.74 Å². The number of benzene rings is 1. The van der Waals surface area contributed by atoms with Crippen LogP contribution < -0.4 is 10.6 Å². The minimum Gasteiger partial charge on any atom is -0.379 e. The number of nitrogens with zero attached hydrogens (tertiary/aromatic N) is 4. The lowest BCUT2D eigenvalue weighted by Gasteiger charge is -2.26. The Morgan fingerprint density at radius 2 is 1.67 bits per heavy atom. The summed E-state index contributed by atoms with van der Waals surface area (Å²) in [6, 6.07) is 8.99. The van der Waals surface area contributed by atoms with E-state index in [9.17, 15) is 0 Å². The lowest BCUT2D eigenvalue weighted by atomic mass is 10.1. The molecule has 0 bridgehead atoms. The van der Waals surface area contributed by atoms with Crippen molar-refractivity contribution in [3.63, 3.8) is 0 Å². The molecule has 7 nitrogen and oxygen atoms in total. The van der Waals surface area contributed by atoms with Crippen molar-refractivity contribution in [3.8, 4) is 0 Å². The van der Waals surface area contributed by atoms with Crippen LogP contribution in [0.3, 0.4) is 0 Å². The molecular weight excluding hydrogens is 491 g/mol. The van der Waals surface area contributed by atoms with Crippen molar-refractivity contribution in [2.24, 2.45) is 4.99 Å². The van der Waals surface area contributed by atoms with Gasteiger partial charge < -0.3 is 20.3 Å². The van der Waals surface area contributed by atoms with Gasteiger partial charge in [-0.25, -0.2) is 0 Å². The zero-order valence-corrected chi connectivity index (χ0v) is 20.9. The van der Waals surface area contributed by atoms with Gasteiger partial charge in [-0.1, -0.05) is 24.3 Å². The molecule has 2 aliphatic heterocycles. The van der Waals surface area contributed by atoms with Gasteiger partial charge in [0.25, 0.3) is 0 Å². The highest BCUT2D eigenvalue weighted by Gasteiger charge is 2.12. The molecule has 0 unspecified atom stereocenters. The average Bonchev–Trinajstić information content (AvgIpc) is 2.96. The zero-order chi connectivity index (χ0) is 20.3. The number of aliphatic imine (C=N–C) groups is 1. The summed E-state index contributed by atoms with van der Waals surface area (Å²) in [5.41, 5.74) is 2.67. The van der Waals surface area contributed by atoms with Crippen LogP contribution in [0.15, 0.2) is 29.3 Å². The van der Waals surface area contributed by atoms with E-state index in [1.54, 1.807) is 0 Å². The molecule has 0 spiro atoms. The van der Waals surface area contributed by atoms with E-state index in [2.05, 4.69) is 61.6 Å². The molecule has 0 saturated carbocycles. The summed E-state index contributed by atoms with van der Waals surface area (Å²) < 4.78 is 5.39. The van der Waals surface area contributed by atoms with Crippen molar-refractivity contribution in [1.82, 2.24) is 25.3 Å². The molecule has 0 atom stereocenters. The third-order valence-corrected chi connectivity index (χ3v) is 5.75. The summed E-state index contributed by atoms with van der Waals surface area (Å²) in [7, 11) is 4.04. The van der Waals surface area contributed by atoms with E-state index in [-0.39, 0.29) is 24.0 Å². The molecule has 2 saturated heterocycles. The topological polar surface area (TPSA) is 55.4 Å². The lowest BCUT2D eigenvalue weighted by Crippen LogP contribution is -2.44. The highest BCUT2D eigenvalue weighted by molar-refractivity contribution is 14.0. The molecule has 0 amide bonds. The SMILES string of the molecule is CN=C(NCCN1CCOCC1)NCc1ccc(CN2CCCN(C)CC2)cc1.I. The van der Waals surface area contributed by atoms with Crippen LogP contribution in [0, 0.1) is 0 Å². The molecular formula is C22H39IN6O. The van der Waals surface area contributed by atoms with Gasteiger partial charge in [-0.05, 0) is 37.7 Å². The minimum absolute atomic E-state index is 0. The van der Waals surface area contributed by atoms with E-state index in [0.717, 1.165) is 65.0 Å². The smallest absolute Gasteiger partial charge is 0.191 e. The van der Waals surface area contributed by atoms with Crippen LogP contribution in [0.25, 0.3) is 0 Å². The maximum Gasteiger partial charge on any atom is 0.191 e. The number of ether oxygens (including phenoxy) is 1. The fourth-order valence-electron chi connectivity index (χ4n) is 3.84. The van der Waals surface area contributed by atoms with Crippen LogP contribution in [0.4, 0.5) is 0 Å². The summed E-state index contributed by atoms with van der Waals surface area (Å²) in [6.45, 7) is 12.2. The van der Waals surface area contributed by atoms with Gasteiger partial charge in [0, 0.05) is 59.4 Å². The Labute approximate surface area is 199 Å². The number of morpholine rings is 1. The predicted octanol–water partition coefficient (Wildman–Crippen LogP) is 1.44. The lowest BCUT2D eigenvalue weighted by molar-refractivity contribution is 0.0389. The molecule has 1 aromatic rings. The Hall–Kier alpha value is -0.940. The number of rotatable bonds is 7. The largest absolute Gasteiger partial charge is 0.379 e. The molecule has 2 N–H and O–H groups in total. The Bertz CT molecular complexity index is 621. The molecule has 2 aliphatic rings. The van der Waals surface area contributed by atoms with E-state index in [1.807, 2.05) is 7.05 Å². The summed E-state index contributed by atoms with van der Waals surface area (Å²) in [6.07, 6.45) is 1.26. The Kier molecular flexibility index (Phi) is 12.0. The van der Waals surface area contributed by atoms with E-state index in [1.165, 1.54) is 37.2 Å². The highest BCUT2D eigenvalue weighted by Crippen LogP contribution is 2.10. The first-order valence-electron chi connectivity index (χ1n) is 11.0. The molecule has 1 aromatic carbocycles. The Balaban J connectivity index is 0.00000320. The van der Waals surface area contributed by atoms with Crippen LogP contribution in [-0.2, 0) is 17.8 Å². The number of halogens is 1. The average molecular weight is 530 g/mol. The van der Waals surface area contributed by atoms with Crippen LogP contribution >= 0.6 is 24.0 Å². The second-order valence-electron chi connectivity index (χ2n) is 8.06. The van der Waals surface area contributed by atoms with Gasteiger partial charge >= 0.3 is 0 Å². The van der Waals surface area contributed by atoms with Gasteiger partial charge in [0.05, 0.1) is 13.2 Å². The molecule has 30 heavy (non-hydrogen) atoms. The molecule has 0 aliphatic carbocycles. The molecule has 2 fully saturated rings. The first-order chi connectivity index (χ1) is 14.2. The number of nitrogens with one attached hydrogen (secondary N) is 2. The van der Waals surface area contributed by atoms with Gasteiger partial charge in [-0.2, -0.15) is 0 Å². The van der Waals surface area contributed by atoms with Crippen molar-refractivity contribution in [3.05, 3.63) is 35.4 Å². The summed E-state index contributed by atoms with van der Waals surface area (Å²) in [5.74, 6) is 0.857. The molecule has 8 heteroatoms. The summed E-state index contributed by atoms with van der Waals surface area (Å²) in [4.78, 5) is 11.8. The van der Waals surface area contributed by atoms with Crippen LogP contribution in [0.1, 0.15) is 17.5 Å². The molecule has 3 rings (SSSR count). The number of likely N-dealkylation sites (N-methyl/N-ethyl adjacent to an activating group) is 1. The van der Waals surface area contributed by atoms with Gasteiger partial charge in [0.1, 0.15) is 0 Å². The van der Waals surface area contributed by atoms with Crippen LogP contribution in [-0.4, -0.2) is 100 Å². The third-order valence-electron chi connectivity index (χ3n) is 5.75. The normalized spacial score (nSPS) is 19.7. The van der Waals surface area contributed by atoms with Gasteiger partial charge in [0.15, 0.2) is 5.96 Å². The fourth-order valence-corrected chi connectivity index (χ4v) is 3.84. The summed E-state index contributed by atoms with van der Waals surface area (Å²) >= 11 is 0. The van der Waals surface area contributed by atoms with Gasteiger partial charge in [-0.3, -0.25) is 14.8 Å². The highest BCUT2D eigenvalue weighted by atomic mass is 127. The third kappa shape index (κ3) is 9.05. The quantitative estimate of drug-likeness (QED) is 0.316. The standard InChI is InChI=1S/C22H38N6O.HI/c1-23-22(24-8-11-27-14-16-29-17-15-27)25-18-20-4-6-21(7-5-20)19-28-10-3-9-26(2)12-13-28;/h4-7H,3,8-19H2,1-2H3,(H2,23,24,25);1H. The van der Waals surface area contributed by atoms with Crippen molar-refractivity contribution in [2.75, 3.05) is 79.7 Å². The Morgan fingerprint density at radius 3 is 2.40 bits per heavy atom. The first kappa shape index (κ1) is 25.3. The summed E-state index contributed by atoms with van der Waals surface area (Å²) in [5, 5.41) is 6.82. The second kappa shape index (κ2) is 14.2. The second-order valence-corrected chi connectivity index (χ2v) is 8.06. The van der Waals surface area contributed by atoms with E-state index in [0.29, 0.717) is 0 Å². The predicted molar refractivity (Wildman–Crippen MR) is 135 cm³/mol. The van der Waals surface area contributed by atoms with Crippen molar-refractivity contribution in [1.29, 1.82) is 0 Å². The van der Waals surface area contributed by atoms with Crippen molar-refractivity contribution in [2.45, 2.75) is 19.5 Å². The molecule has 2 heterocycles. The molecule has 0 aromatic heterocycles. The van der Waals surface area contributed by atoms with Crippen LogP contribution in [0.2, 0.25) is 0 Å². The first-order valence-corrected chi connectivity index (χ1v) is 11.0.